The van der Waals surface area contributed by atoms with E-state index in [0.29, 0.717) is 24.5 Å². The normalized spacial score (nSPS) is 16.2. The predicted molar refractivity (Wildman–Crippen MR) is 106 cm³/mol. The number of nitrogens with zero attached hydrogens (tertiary/aromatic N) is 5. The third-order valence-electron chi connectivity index (χ3n) is 5.49. The third-order valence-corrected chi connectivity index (χ3v) is 5.49. The fourth-order valence-electron chi connectivity index (χ4n) is 3.83. The molecule has 1 aliphatic rings. The number of likely N-dealkylation sites (N-methyl/N-ethyl adjacent to an activating group) is 1. The van der Waals surface area contributed by atoms with Crippen LogP contribution in [0.5, 0.6) is 0 Å². The number of nitrogens with one attached hydrogen (secondary N) is 1. The Morgan fingerprint density at radius 1 is 1.38 bits per heavy atom. The van der Waals surface area contributed by atoms with Gasteiger partial charge in [-0.1, -0.05) is 5.16 Å². The minimum Gasteiger partial charge on any atom is -0.355 e. The van der Waals surface area contributed by atoms with E-state index in [0.717, 1.165) is 23.5 Å². The molecule has 0 spiro atoms. The van der Waals surface area contributed by atoms with Gasteiger partial charge in [0.25, 0.3) is 11.8 Å². The molecule has 9 heteroatoms. The van der Waals surface area contributed by atoms with Crippen molar-refractivity contribution in [3.05, 3.63) is 47.2 Å². The Bertz CT molecular complexity index is 1080. The lowest BCUT2D eigenvalue weighted by Crippen LogP contribution is -2.50. The zero-order valence-electron chi connectivity index (χ0n) is 17.0. The molecule has 3 aromatic rings. The molecule has 0 saturated carbocycles. The van der Waals surface area contributed by atoms with Crippen LogP contribution in [0.4, 0.5) is 0 Å². The van der Waals surface area contributed by atoms with E-state index >= 15 is 0 Å². The van der Waals surface area contributed by atoms with Crippen LogP contribution in [-0.2, 0) is 13.1 Å². The molecule has 1 unspecified atom stereocenters. The number of rotatable bonds is 5. The average molecular weight is 396 g/mol. The first-order valence-corrected chi connectivity index (χ1v) is 9.62. The maximum absolute atomic E-state index is 12.6. The zero-order valence-corrected chi connectivity index (χ0v) is 17.0. The maximum atomic E-state index is 12.6. The van der Waals surface area contributed by atoms with Gasteiger partial charge in [0.05, 0.1) is 17.3 Å². The van der Waals surface area contributed by atoms with Crippen LogP contribution in [0.1, 0.15) is 39.3 Å². The number of hydrogen-bond acceptors (Lipinski definition) is 5. The molecule has 29 heavy (non-hydrogen) atoms. The van der Waals surface area contributed by atoms with E-state index in [1.165, 1.54) is 0 Å². The molecular formula is C20H24N6O3. The Hall–Kier alpha value is -3.36. The highest BCUT2D eigenvalue weighted by Crippen LogP contribution is 2.27. The molecule has 2 amide bonds. The summed E-state index contributed by atoms with van der Waals surface area (Å²) in [6, 6.07) is 5.15. The van der Waals surface area contributed by atoms with Gasteiger partial charge < -0.3 is 19.3 Å². The molecule has 3 aromatic heterocycles. The number of carbonyl (C=O) groups is 2. The van der Waals surface area contributed by atoms with Crippen molar-refractivity contribution in [2.45, 2.75) is 39.9 Å². The lowest BCUT2D eigenvalue weighted by molar-refractivity contribution is 0.0644. The third kappa shape index (κ3) is 3.22. The van der Waals surface area contributed by atoms with E-state index in [2.05, 4.69) is 15.6 Å². The molecular weight excluding hydrogens is 372 g/mol. The summed E-state index contributed by atoms with van der Waals surface area (Å²) in [6.45, 7) is 7.60. The summed E-state index contributed by atoms with van der Waals surface area (Å²) in [5.74, 6) is 0.132. The second-order valence-corrected chi connectivity index (χ2v) is 7.26. The molecule has 0 bridgehead atoms. The van der Waals surface area contributed by atoms with Gasteiger partial charge in [0.2, 0.25) is 0 Å². The molecule has 4 rings (SSSR count). The predicted octanol–water partition coefficient (Wildman–Crippen LogP) is 1.86. The Kier molecular flexibility index (Phi) is 4.73. The first kappa shape index (κ1) is 19.0. The highest BCUT2D eigenvalue weighted by Gasteiger charge is 2.30. The largest absolute Gasteiger partial charge is 0.355 e. The molecule has 9 nitrogen and oxygen atoms in total. The fourth-order valence-corrected chi connectivity index (χ4v) is 3.83. The van der Waals surface area contributed by atoms with Crippen LogP contribution in [0.2, 0.25) is 0 Å². The standard InChI is InChI=1S/C20H24N6O3/c1-5-26-13(3)18(12(2)22-26)17-9-15(23-29-17)19(27)21-10-14-11-25-8-6-7-16(25)20(28)24(14)4/h6-9,14H,5,10-11H2,1-4H3,(H,21,27). The second-order valence-electron chi connectivity index (χ2n) is 7.26. The van der Waals surface area contributed by atoms with Crippen LogP contribution in [0.15, 0.2) is 28.9 Å². The number of hydrogen-bond donors (Lipinski definition) is 1. The van der Waals surface area contributed by atoms with Crippen molar-refractivity contribution in [2.24, 2.45) is 0 Å². The van der Waals surface area contributed by atoms with Crippen molar-refractivity contribution in [1.82, 2.24) is 29.7 Å². The summed E-state index contributed by atoms with van der Waals surface area (Å²) in [7, 11) is 1.75. The van der Waals surface area contributed by atoms with Crippen molar-refractivity contribution in [2.75, 3.05) is 13.6 Å². The summed E-state index contributed by atoms with van der Waals surface area (Å²) in [4.78, 5) is 26.7. The van der Waals surface area contributed by atoms with Gasteiger partial charge in [0.1, 0.15) is 5.69 Å². The van der Waals surface area contributed by atoms with Crippen LogP contribution < -0.4 is 5.32 Å². The Labute approximate surface area is 168 Å². The van der Waals surface area contributed by atoms with Crippen LogP contribution in [-0.4, -0.2) is 55.9 Å². The Morgan fingerprint density at radius 3 is 2.90 bits per heavy atom. The topological polar surface area (TPSA) is 98.2 Å². The van der Waals surface area contributed by atoms with E-state index in [4.69, 9.17) is 4.52 Å². The van der Waals surface area contributed by atoms with Gasteiger partial charge in [-0.3, -0.25) is 14.3 Å². The molecule has 1 N–H and O–H groups in total. The first-order chi connectivity index (χ1) is 13.9. The molecule has 0 aliphatic carbocycles. The first-order valence-electron chi connectivity index (χ1n) is 9.62. The maximum Gasteiger partial charge on any atom is 0.273 e. The van der Waals surface area contributed by atoms with Crippen molar-refractivity contribution < 1.29 is 14.1 Å². The second kappa shape index (κ2) is 7.23. The van der Waals surface area contributed by atoms with Crippen molar-refractivity contribution in [1.29, 1.82) is 0 Å². The number of aromatic nitrogens is 4. The summed E-state index contributed by atoms with van der Waals surface area (Å²) in [6.07, 6.45) is 1.88. The van der Waals surface area contributed by atoms with Crippen molar-refractivity contribution in [3.8, 4) is 11.3 Å². The summed E-state index contributed by atoms with van der Waals surface area (Å²) in [5, 5.41) is 11.3. The van der Waals surface area contributed by atoms with Gasteiger partial charge in [0, 0.05) is 44.6 Å². The quantitative estimate of drug-likeness (QED) is 0.710. The highest BCUT2D eigenvalue weighted by molar-refractivity contribution is 5.94. The molecule has 4 heterocycles. The van der Waals surface area contributed by atoms with E-state index in [-0.39, 0.29) is 23.6 Å². The number of aryl methyl sites for hydroxylation is 2. The number of carbonyl (C=O) groups excluding carboxylic acids is 2. The average Bonchev–Trinajstić information content (AvgIpc) is 3.42. The summed E-state index contributed by atoms with van der Waals surface area (Å²) < 4.78 is 9.22. The fraction of sp³-hybridized carbons (Fsp3) is 0.400. The SMILES string of the molecule is CCn1nc(C)c(-c2cc(C(=O)NCC3Cn4cccc4C(=O)N3C)no2)c1C. The summed E-state index contributed by atoms with van der Waals surface area (Å²) in [5.41, 5.74) is 3.52. The van der Waals surface area contributed by atoms with E-state index in [1.54, 1.807) is 24.1 Å². The number of amides is 2. The lowest BCUT2D eigenvalue weighted by Gasteiger charge is -2.33. The van der Waals surface area contributed by atoms with Gasteiger partial charge in [0.15, 0.2) is 11.5 Å². The zero-order chi connectivity index (χ0) is 20.7. The molecule has 0 aromatic carbocycles. The molecule has 152 valence electrons. The molecule has 1 aliphatic heterocycles. The van der Waals surface area contributed by atoms with Crippen LogP contribution in [0.25, 0.3) is 11.3 Å². The van der Waals surface area contributed by atoms with E-state index in [9.17, 15) is 9.59 Å². The van der Waals surface area contributed by atoms with Gasteiger partial charge in [-0.25, -0.2) is 0 Å². The van der Waals surface area contributed by atoms with Crippen LogP contribution in [0.3, 0.4) is 0 Å². The van der Waals surface area contributed by atoms with Crippen LogP contribution in [0, 0.1) is 13.8 Å². The highest BCUT2D eigenvalue weighted by atomic mass is 16.5. The number of fused-ring (bicyclic) bond motifs is 1. The molecule has 0 fully saturated rings. The van der Waals surface area contributed by atoms with Crippen LogP contribution >= 0.6 is 0 Å². The summed E-state index contributed by atoms with van der Waals surface area (Å²) >= 11 is 0. The van der Waals surface area contributed by atoms with E-state index < -0.39 is 0 Å². The lowest BCUT2D eigenvalue weighted by atomic mass is 10.1. The smallest absolute Gasteiger partial charge is 0.273 e. The van der Waals surface area contributed by atoms with Gasteiger partial charge >= 0.3 is 0 Å². The van der Waals surface area contributed by atoms with Gasteiger partial charge in [-0.2, -0.15) is 5.10 Å². The molecule has 0 radical (unpaired) electrons. The Balaban J connectivity index is 1.46. The minimum atomic E-state index is -0.336. The van der Waals surface area contributed by atoms with Crippen molar-refractivity contribution >= 4 is 11.8 Å². The van der Waals surface area contributed by atoms with E-state index in [1.807, 2.05) is 42.3 Å². The van der Waals surface area contributed by atoms with Gasteiger partial charge in [-0.05, 0) is 32.9 Å². The molecule has 1 atom stereocenters. The minimum absolute atomic E-state index is 0.0527. The Morgan fingerprint density at radius 2 is 2.17 bits per heavy atom. The molecule has 0 saturated heterocycles. The monoisotopic (exact) mass is 396 g/mol. The van der Waals surface area contributed by atoms with Crippen molar-refractivity contribution in [3.63, 3.8) is 0 Å². The van der Waals surface area contributed by atoms with Gasteiger partial charge in [-0.15, -0.1) is 0 Å².